The number of nitrogens with zero attached hydrogens (tertiary/aromatic N) is 3. The Kier molecular flexibility index (Phi) is 8.13. The van der Waals surface area contributed by atoms with Crippen LogP contribution in [0.15, 0.2) is 0 Å². The average molecular weight is 356 g/mol. The van der Waals surface area contributed by atoms with Crippen molar-refractivity contribution in [3.63, 3.8) is 0 Å². The SMILES string of the molecule is CC(=O)N(CC(C)CN1CCOCC1)CC(C)(C)CN1CCOCC1. The molecule has 146 valence electrons. The second-order valence-electron chi connectivity index (χ2n) is 8.47. The number of carbonyl (C=O) groups excluding carboxylic acids is 1. The van der Waals surface area contributed by atoms with Gasteiger partial charge in [-0.2, -0.15) is 0 Å². The third-order valence-corrected chi connectivity index (χ3v) is 5.03. The Bertz CT molecular complexity index is 405. The van der Waals surface area contributed by atoms with Gasteiger partial charge in [-0.3, -0.25) is 14.6 Å². The lowest BCUT2D eigenvalue weighted by Crippen LogP contribution is -2.48. The zero-order chi connectivity index (χ0) is 18.3. The van der Waals surface area contributed by atoms with Gasteiger partial charge in [0.25, 0.3) is 0 Å². The summed E-state index contributed by atoms with van der Waals surface area (Å²) in [7, 11) is 0. The molecule has 0 bridgehead atoms. The van der Waals surface area contributed by atoms with Crippen molar-refractivity contribution in [2.24, 2.45) is 11.3 Å². The van der Waals surface area contributed by atoms with E-state index in [-0.39, 0.29) is 11.3 Å². The normalized spacial score (nSPS) is 21.9. The standard InChI is InChI=1S/C19H37N3O3/c1-17(13-20-5-9-24-10-6-20)14-22(18(2)23)16-19(3,4)15-21-7-11-25-12-8-21/h17H,5-16H2,1-4H3. The summed E-state index contributed by atoms with van der Waals surface area (Å²) >= 11 is 0. The van der Waals surface area contributed by atoms with Gasteiger partial charge in [0, 0.05) is 59.3 Å². The van der Waals surface area contributed by atoms with Crippen LogP contribution < -0.4 is 0 Å². The maximum Gasteiger partial charge on any atom is 0.219 e. The van der Waals surface area contributed by atoms with Crippen LogP contribution in [-0.2, 0) is 14.3 Å². The summed E-state index contributed by atoms with van der Waals surface area (Å²) in [5.41, 5.74) is 0.0850. The fourth-order valence-electron chi connectivity index (χ4n) is 3.89. The second kappa shape index (κ2) is 9.86. The highest BCUT2D eigenvalue weighted by molar-refractivity contribution is 5.73. The molecule has 1 amide bonds. The molecule has 2 heterocycles. The summed E-state index contributed by atoms with van der Waals surface area (Å²) in [4.78, 5) is 19.2. The van der Waals surface area contributed by atoms with Gasteiger partial charge in [-0.15, -0.1) is 0 Å². The smallest absolute Gasteiger partial charge is 0.219 e. The Balaban J connectivity index is 1.82. The minimum Gasteiger partial charge on any atom is -0.379 e. The highest BCUT2D eigenvalue weighted by Gasteiger charge is 2.28. The highest BCUT2D eigenvalue weighted by atomic mass is 16.5. The van der Waals surface area contributed by atoms with Crippen molar-refractivity contribution in [2.45, 2.75) is 27.7 Å². The zero-order valence-corrected chi connectivity index (χ0v) is 16.6. The minimum absolute atomic E-state index is 0.0850. The minimum atomic E-state index is 0.0850. The van der Waals surface area contributed by atoms with E-state index < -0.39 is 0 Å². The van der Waals surface area contributed by atoms with Crippen LogP contribution in [-0.4, -0.2) is 99.4 Å². The number of rotatable bonds is 8. The van der Waals surface area contributed by atoms with E-state index in [1.807, 2.05) is 4.90 Å². The molecule has 2 aliphatic heterocycles. The lowest BCUT2D eigenvalue weighted by Gasteiger charge is -2.39. The molecule has 6 heteroatoms. The number of hydrogen-bond acceptors (Lipinski definition) is 5. The molecule has 0 aromatic rings. The van der Waals surface area contributed by atoms with E-state index in [1.165, 1.54) is 0 Å². The molecule has 0 spiro atoms. The Morgan fingerprint density at radius 1 is 1.04 bits per heavy atom. The third-order valence-electron chi connectivity index (χ3n) is 5.03. The van der Waals surface area contributed by atoms with E-state index in [0.29, 0.717) is 5.92 Å². The summed E-state index contributed by atoms with van der Waals surface area (Å²) in [6.07, 6.45) is 0. The largest absolute Gasteiger partial charge is 0.379 e. The van der Waals surface area contributed by atoms with Crippen molar-refractivity contribution in [3.05, 3.63) is 0 Å². The van der Waals surface area contributed by atoms with Gasteiger partial charge in [-0.25, -0.2) is 0 Å². The van der Waals surface area contributed by atoms with E-state index in [2.05, 4.69) is 30.6 Å². The van der Waals surface area contributed by atoms with Gasteiger partial charge in [-0.05, 0) is 11.3 Å². The molecule has 0 aromatic heterocycles. The quantitative estimate of drug-likeness (QED) is 0.654. The van der Waals surface area contributed by atoms with Crippen LogP contribution in [0.25, 0.3) is 0 Å². The molecule has 2 rings (SSSR count). The van der Waals surface area contributed by atoms with Crippen molar-refractivity contribution in [3.8, 4) is 0 Å². The molecule has 2 fully saturated rings. The molecule has 0 N–H and O–H groups in total. The van der Waals surface area contributed by atoms with Crippen LogP contribution in [0, 0.1) is 11.3 Å². The Labute approximate surface area is 153 Å². The summed E-state index contributed by atoms with van der Waals surface area (Å²) in [6, 6.07) is 0. The van der Waals surface area contributed by atoms with Crippen LogP contribution in [0.2, 0.25) is 0 Å². The first-order chi connectivity index (χ1) is 11.9. The summed E-state index contributed by atoms with van der Waals surface area (Å²) in [5.74, 6) is 0.657. The molecule has 0 aromatic carbocycles. The van der Waals surface area contributed by atoms with E-state index in [0.717, 1.165) is 78.8 Å². The van der Waals surface area contributed by atoms with Crippen molar-refractivity contribution in [1.82, 2.24) is 14.7 Å². The molecule has 0 saturated carbocycles. The maximum atomic E-state index is 12.2. The number of hydrogen-bond donors (Lipinski definition) is 0. The molecule has 25 heavy (non-hydrogen) atoms. The lowest BCUT2D eigenvalue weighted by molar-refractivity contribution is -0.131. The molecular formula is C19H37N3O3. The van der Waals surface area contributed by atoms with Crippen molar-refractivity contribution >= 4 is 5.91 Å². The van der Waals surface area contributed by atoms with E-state index in [1.54, 1.807) is 6.92 Å². The average Bonchev–Trinajstić information content (AvgIpc) is 2.55. The van der Waals surface area contributed by atoms with Crippen LogP contribution >= 0.6 is 0 Å². The lowest BCUT2D eigenvalue weighted by atomic mass is 9.91. The Morgan fingerprint density at radius 2 is 1.56 bits per heavy atom. The summed E-state index contributed by atoms with van der Waals surface area (Å²) < 4.78 is 10.9. The molecular weight excluding hydrogens is 318 g/mol. The molecule has 2 aliphatic rings. The van der Waals surface area contributed by atoms with Gasteiger partial charge in [0.05, 0.1) is 26.4 Å². The van der Waals surface area contributed by atoms with Crippen molar-refractivity contribution in [2.75, 3.05) is 78.8 Å². The fourth-order valence-corrected chi connectivity index (χ4v) is 3.89. The maximum absolute atomic E-state index is 12.2. The third kappa shape index (κ3) is 7.60. The summed E-state index contributed by atoms with van der Waals surface area (Å²) in [6.45, 7) is 19.5. The number of morpholine rings is 2. The van der Waals surface area contributed by atoms with E-state index in [4.69, 9.17) is 9.47 Å². The first kappa shape index (κ1) is 20.6. The first-order valence-corrected chi connectivity index (χ1v) is 9.71. The van der Waals surface area contributed by atoms with Crippen LogP contribution in [0.4, 0.5) is 0 Å². The van der Waals surface area contributed by atoms with Crippen LogP contribution in [0.3, 0.4) is 0 Å². The molecule has 0 aliphatic carbocycles. The van der Waals surface area contributed by atoms with Gasteiger partial charge >= 0.3 is 0 Å². The second-order valence-corrected chi connectivity index (χ2v) is 8.47. The topological polar surface area (TPSA) is 45.2 Å². The zero-order valence-electron chi connectivity index (χ0n) is 16.6. The fraction of sp³-hybridized carbons (Fsp3) is 0.947. The van der Waals surface area contributed by atoms with E-state index >= 15 is 0 Å². The van der Waals surface area contributed by atoms with Gasteiger partial charge in [-0.1, -0.05) is 20.8 Å². The molecule has 2 saturated heterocycles. The van der Waals surface area contributed by atoms with Gasteiger partial charge in [0.15, 0.2) is 0 Å². The van der Waals surface area contributed by atoms with Gasteiger partial charge < -0.3 is 14.4 Å². The molecule has 6 nitrogen and oxygen atoms in total. The number of carbonyl (C=O) groups is 1. The highest BCUT2D eigenvalue weighted by Crippen LogP contribution is 2.21. The molecule has 1 unspecified atom stereocenters. The molecule has 1 atom stereocenters. The predicted octanol–water partition coefficient (Wildman–Crippen LogP) is 1.16. The predicted molar refractivity (Wildman–Crippen MR) is 99.7 cm³/mol. The number of amides is 1. The monoisotopic (exact) mass is 355 g/mol. The van der Waals surface area contributed by atoms with Gasteiger partial charge in [0.2, 0.25) is 5.91 Å². The van der Waals surface area contributed by atoms with Crippen LogP contribution in [0.5, 0.6) is 0 Å². The van der Waals surface area contributed by atoms with Crippen LogP contribution in [0.1, 0.15) is 27.7 Å². The molecule has 0 radical (unpaired) electrons. The number of ether oxygens (including phenoxy) is 2. The van der Waals surface area contributed by atoms with E-state index in [9.17, 15) is 4.79 Å². The first-order valence-electron chi connectivity index (χ1n) is 9.71. The van der Waals surface area contributed by atoms with Crippen molar-refractivity contribution < 1.29 is 14.3 Å². The van der Waals surface area contributed by atoms with Gasteiger partial charge in [0.1, 0.15) is 0 Å². The van der Waals surface area contributed by atoms with Crippen molar-refractivity contribution in [1.29, 1.82) is 0 Å². The Morgan fingerprint density at radius 3 is 2.08 bits per heavy atom. The Hall–Kier alpha value is -0.690. The summed E-state index contributed by atoms with van der Waals surface area (Å²) in [5, 5.41) is 0.